The molecule has 0 aromatic heterocycles. The summed E-state index contributed by atoms with van der Waals surface area (Å²) in [7, 11) is 0. The Labute approximate surface area is 77.2 Å². The Morgan fingerprint density at radius 2 is 1.77 bits per heavy atom. The summed E-state index contributed by atoms with van der Waals surface area (Å²) in [6.45, 7) is 3.25. The lowest BCUT2D eigenvalue weighted by Crippen LogP contribution is -2.34. The van der Waals surface area contributed by atoms with Gasteiger partial charge in [-0.25, -0.2) is 4.39 Å². The lowest BCUT2D eigenvalue weighted by atomic mass is 9.93. The first-order chi connectivity index (χ1) is 5.91. The Morgan fingerprint density at radius 1 is 1.31 bits per heavy atom. The lowest BCUT2D eigenvalue weighted by Gasteiger charge is -2.25. The molecule has 3 heteroatoms. The van der Waals surface area contributed by atoms with E-state index >= 15 is 0 Å². The maximum Gasteiger partial charge on any atom is 0.123 e. The van der Waals surface area contributed by atoms with Crippen LogP contribution in [0.2, 0.25) is 0 Å². The molecule has 0 saturated carbocycles. The highest BCUT2D eigenvalue weighted by molar-refractivity contribution is 5.21. The van der Waals surface area contributed by atoms with Crippen molar-refractivity contribution in [2.45, 2.75) is 25.5 Å². The Bertz CT molecular complexity index is 276. The van der Waals surface area contributed by atoms with Crippen LogP contribution >= 0.6 is 0 Å². The van der Waals surface area contributed by atoms with Gasteiger partial charge < -0.3 is 10.8 Å². The molecule has 1 rings (SSSR count). The van der Waals surface area contributed by atoms with Gasteiger partial charge >= 0.3 is 0 Å². The lowest BCUT2D eigenvalue weighted by molar-refractivity contribution is 0.0517. The average Bonchev–Trinajstić information content (AvgIpc) is 2.03. The Balaban J connectivity index is 2.90. The average molecular weight is 183 g/mol. The van der Waals surface area contributed by atoms with Crippen molar-refractivity contribution >= 4 is 0 Å². The van der Waals surface area contributed by atoms with Crippen molar-refractivity contribution in [3.05, 3.63) is 35.6 Å². The first kappa shape index (κ1) is 10.2. The fraction of sp³-hybridized carbons (Fsp3) is 0.400. The van der Waals surface area contributed by atoms with Gasteiger partial charge in [0, 0.05) is 0 Å². The minimum Gasteiger partial charge on any atom is -0.388 e. The molecule has 0 spiro atoms. The van der Waals surface area contributed by atoms with E-state index in [2.05, 4.69) is 0 Å². The van der Waals surface area contributed by atoms with Crippen molar-refractivity contribution in [2.75, 3.05) is 0 Å². The fourth-order valence-corrected chi connectivity index (χ4v) is 1.08. The van der Waals surface area contributed by atoms with Crippen LogP contribution in [-0.4, -0.2) is 10.7 Å². The SMILES string of the molecule is CC(C)(O)[C@H](N)c1ccc(F)cc1. The van der Waals surface area contributed by atoms with Gasteiger partial charge in [0.2, 0.25) is 0 Å². The van der Waals surface area contributed by atoms with Crippen molar-refractivity contribution in [3.8, 4) is 0 Å². The molecule has 0 aliphatic carbocycles. The molecule has 72 valence electrons. The van der Waals surface area contributed by atoms with Crippen LogP contribution < -0.4 is 5.73 Å². The van der Waals surface area contributed by atoms with Crippen LogP contribution in [0, 0.1) is 5.82 Å². The topological polar surface area (TPSA) is 46.2 Å². The van der Waals surface area contributed by atoms with Gasteiger partial charge in [-0.1, -0.05) is 12.1 Å². The molecule has 0 fully saturated rings. The third-order valence-corrected chi connectivity index (χ3v) is 1.99. The molecule has 1 aromatic rings. The largest absolute Gasteiger partial charge is 0.388 e. The van der Waals surface area contributed by atoms with Gasteiger partial charge in [-0.15, -0.1) is 0 Å². The zero-order valence-electron chi connectivity index (χ0n) is 7.79. The number of hydrogen-bond donors (Lipinski definition) is 2. The highest BCUT2D eigenvalue weighted by Gasteiger charge is 2.24. The summed E-state index contributed by atoms with van der Waals surface area (Å²) >= 11 is 0. The van der Waals surface area contributed by atoms with Gasteiger partial charge in [-0.05, 0) is 31.5 Å². The molecule has 2 nitrogen and oxygen atoms in total. The fourth-order valence-electron chi connectivity index (χ4n) is 1.08. The van der Waals surface area contributed by atoms with Gasteiger partial charge in [-0.2, -0.15) is 0 Å². The third-order valence-electron chi connectivity index (χ3n) is 1.99. The number of aliphatic hydroxyl groups is 1. The van der Waals surface area contributed by atoms with E-state index in [1.165, 1.54) is 12.1 Å². The standard InChI is InChI=1S/C10H14FNO/c1-10(2,13)9(12)7-3-5-8(11)6-4-7/h3-6,9,13H,12H2,1-2H3/t9-/m1/s1. The van der Waals surface area contributed by atoms with Crippen molar-refractivity contribution in [1.29, 1.82) is 0 Å². The second-order valence-corrected chi connectivity index (χ2v) is 3.68. The molecular formula is C10H14FNO. The van der Waals surface area contributed by atoms with Gasteiger partial charge in [-0.3, -0.25) is 0 Å². The van der Waals surface area contributed by atoms with E-state index in [1.807, 2.05) is 0 Å². The van der Waals surface area contributed by atoms with E-state index in [9.17, 15) is 9.50 Å². The van der Waals surface area contributed by atoms with E-state index in [1.54, 1.807) is 26.0 Å². The number of nitrogens with two attached hydrogens (primary N) is 1. The second-order valence-electron chi connectivity index (χ2n) is 3.68. The van der Waals surface area contributed by atoms with E-state index < -0.39 is 11.6 Å². The molecule has 1 aromatic carbocycles. The van der Waals surface area contributed by atoms with Crippen LogP contribution in [0.25, 0.3) is 0 Å². The molecule has 1 atom stereocenters. The van der Waals surface area contributed by atoms with Crippen LogP contribution in [0.15, 0.2) is 24.3 Å². The molecule has 0 aliphatic heterocycles. The molecule has 13 heavy (non-hydrogen) atoms. The Morgan fingerprint density at radius 3 is 2.15 bits per heavy atom. The second kappa shape index (κ2) is 3.44. The molecule has 0 unspecified atom stereocenters. The third kappa shape index (κ3) is 2.50. The molecule has 0 heterocycles. The number of rotatable bonds is 2. The van der Waals surface area contributed by atoms with Crippen LogP contribution in [0.4, 0.5) is 4.39 Å². The summed E-state index contributed by atoms with van der Waals surface area (Å²) < 4.78 is 12.5. The smallest absolute Gasteiger partial charge is 0.123 e. The predicted octanol–water partition coefficient (Wildman–Crippen LogP) is 1.60. The zero-order valence-corrected chi connectivity index (χ0v) is 7.79. The number of benzene rings is 1. The van der Waals surface area contributed by atoms with Crippen LogP contribution in [-0.2, 0) is 0 Å². The van der Waals surface area contributed by atoms with Gasteiger partial charge in [0.15, 0.2) is 0 Å². The van der Waals surface area contributed by atoms with Gasteiger partial charge in [0.25, 0.3) is 0 Å². The van der Waals surface area contributed by atoms with E-state index in [-0.39, 0.29) is 5.82 Å². The summed E-state index contributed by atoms with van der Waals surface area (Å²) in [6, 6.07) is 5.34. The highest BCUT2D eigenvalue weighted by Crippen LogP contribution is 2.22. The molecular weight excluding hydrogens is 169 g/mol. The molecule has 0 aliphatic rings. The highest BCUT2D eigenvalue weighted by atomic mass is 19.1. The molecule has 3 N–H and O–H groups in total. The van der Waals surface area contributed by atoms with E-state index in [0.29, 0.717) is 0 Å². The van der Waals surface area contributed by atoms with Crippen molar-refractivity contribution in [1.82, 2.24) is 0 Å². The zero-order chi connectivity index (χ0) is 10.1. The first-order valence-electron chi connectivity index (χ1n) is 4.14. The molecule has 0 saturated heterocycles. The first-order valence-corrected chi connectivity index (χ1v) is 4.14. The molecule has 0 bridgehead atoms. The summed E-state index contributed by atoms with van der Waals surface area (Å²) in [5.41, 5.74) is 5.49. The maximum atomic E-state index is 12.5. The minimum atomic E-state index is -0.988. The maximum absolute atomic E-state index is 12.5. The van der Waals surface area contributed by atoms with Crippen LogP contribution in [0.3, 0.4) is 0 Å². The van der Waals surface area contributed by atoms with E-state index in [0.717, 1.165) is 5.56 Å². The van der Waals surface area contributed by atoms with E-state index in [4.69, 9.17) is 5.73 Å². The summed E-state index contributed by atoms with van der Waals surface area (Å²) in [5.74, 6) is -0.299. The van der Waals surface area contributed by atoms with Crippen LogP contribution in [0.5, 0.6) is 0 Å². The van der Waals surface area contributed by atoms with Crippen LogP contribution in [0.1, 0.15) is 25.5 Å². The Kier molecular flexibility index (Phi) is 2.68. The van der Waals surface area contributed by atoms with Crippen molar-refractivity contribution in [2.24, 2.45) is 5.73 Å². The number of hydrogen-bond acceptors (Lipinski definition) is 2. The minimum absolute atomic E-state index is 0.299. The normalized spacial score (nSPS) is 14.2. The monoisotopic (exact) mass is 183 g/mol. The van der Waals surface area contributed by atoms with Gasteiger partial charge in [0.05, 0.1) is 11.6 Å². The van der Waals surface area contributed by atoms with Gasteiger partial charge in [0.1, 0.15) is 5.82 Å². The Hall–Kier alpha value is -0.930. The number of halogens is 1. The van der Waals surface area contributed by atoms with Crippen molar-refractivity contribution < 1.29 is 9.50 Å². The quantitative estimate of drug-likeness (QED) is 0.731. The summed E-state index contributed by atoms with van der Waals surface area (Å²) in [6.07, 6.45) is 0. The molecule has 0 radical (unpaired) electrons. The summed E-state index contributed by atoms with van der Waals surface area (Å²) in [4.78, 5) is 0. The summed E-state index contributed by atoms with van der Waals surface area (Å²) in [5, 5.41) is 9.59. The molecule has 0 amide bonds. The van der Waals surface area contributed by atoms with Crippen molar-refractivity contribution in [3.63, 3.8) is 0 Å². The predicted molar refractivity (Wildman–Crippen MR) is 49.6 cm³/mol.